The van der Waals surface area contributed by atoms with Crippen molar-refractivity contribution in [3.8, 4) is 0 Å². The number of nitrogens with one attached hydrogen (secondary N) is 1. The van der Waals surface area contributed by atoms with Gasteiger partial charge in [0.2, 0.25) is 0 Å². The van der Waals surface area contributed by atoms with Crippen molar-refractivity contribution in [3.05, 3.63) is 65.2 Å². The summed E-state index contributed by atoms with van der Waals surface area (Å²) >= 11 is 1.52. The summed E-state index contributed by atoms with van der Waals surface area (Å²) in [6.07, 6.45) is 0. The number of benzene rings is 2. The van der Waals surface area contributed by atoms with Gasteiger partial charge in [0, 0.05) is 22.3 Å². The van der Waals surface area contributed by atoms with Crippen LogP contribution in [0.2, 0.25) is 0 Å². The monoisotopic (exact) mass is 307 g/mol. The maximum atomic E-state index is 14.0. The molecule has 0 spiro atoms. The molecule has 0 aliphatic rings. The van der Waals surface area contributed by atoms with Gasteiger partial charge in [0.25, 0.3) is 0 Å². The van der Waals surface area contributed by atoms with E-state index in [2.05, 4.69) is 5.32 Å². The van der Waals surface area contributed by atoms with E-state index in [1.165, 1.54) is 30.0 Å². The number of rotatable bonds is 6. The van der Waals surface area contributed by atoms with E-state index in [1.807, 2.05) is 26.0 Å². The molecule has 0 heterocycles. The highest BCUT2D eigenvalue weighted by Crippen LogP contribution is 2.27. The topological polar surface area (TPSA) is 12.0 Å². The largest absolute Gasteiger partial charge is 0.309 e. The van der Waals surface area contributed by atoms with Gasteiger partial charge in [-0.1, -0.05) is 30.7 Å². The van der Waals surface area contributed by atoms with Crippen LogP contribution in [0, 0.1) is 18.6 Å². The van der Waals surface area contributed by atoms with E-state index in [-0.39, 0.29) is 17.7 Å². The average molecular weight is 307 g/mol. The maximum Gasteiger partial charge on any atom is 0.128 e. The molecule has 4 heteroatoms. The van der Waals surface area contributed by atoms with Gasteiger partial charge in [-0.15, -0.1) is 11.8 Å². The standard InChI is InChI=1S/C17H19F2NS/c1-3-20-17(15-9-12(2)7-8-16(15)19)11-21-14-6-4-5-13(18)10-14/h4-10,17,20H,3,11H2,1-2H3. The van der Waals surface area contributed by atoms with Gasteiger partial charge in [-0.2, -0.15) is 0 Å². The fraction of sp³-hybridized carbons (Fsp3) is 0.294. The van der Waals surface area contributed by atoms with Gasteiger partial charge >= 0.3 is 0 Å². The van der Waals surface area contributed by atoms with Gasteiger partial charge in [0.1, 0.15) is 11.6 Å². The fourth-order valence-electron chi connectivity index (χ4n) is 2.17. The minimum atomic E-state index is -0.248. The SMILES string of the molecule is CCNC(CSc1cccc(F)c1)c1cc(C)ccc1F. The maximum absolute atomic E-state index is 14.0. The van der Waals surface area contributed by atoms with Crippen LogP contribution >= 0.6 is 11.8 Å². The van der Waals surface area contributed by atoms with Crippen molar-refractivity contribution < 1.29 is 8.78 Å². The Balaban J connectivity index is 2.13. The zero-order valence-corrected chi connectivity index (χ0v) is 13.0. The lowest BCUT2D eigenvalue weighted by atomic mass is 10.0. The molecule has 2 aromatic rings. The van der Waals surface area contributed by atoms with E-state index in [0.717, 1.165) is 17.0 Å². The Bertz CT molecular complexity index is 601. The van der Waals surface area contributed by atoms with Gasteiger partial charge in [-0.05, 0) is 37.7 Å². The van der Waals surface area contributed by atoms with Gasteiger partial charge in [0.15, 0.2) is 0 Å². The molecule has 0 fully saturated rings. The van der Waals surface area contributed by atoms with Crippen molar-refractivity contribution in [1.82, 2.24) is 5.32 Å². The summed E-state index contributed by atoms with van der Waals surface area (Å²) < 4.78 is 27.2. The smallest absolute Gasteiger partial charge is 0.128 e. The molecule has 1 N–H and O–H groups in total. The molecule has 1 atom stereocenters. The molecule has 2 rings (SSSR count). The second-order valence-electron chi connectivity index (χ2n) is 4.90. The second-order valence-corrected chi connectivity index (χ2v) is 6.00. The number of hydrogen-bond acceptors (Lipinski definition) is 2. The highest BCUT2D eigenvalue weighted by molar-refractivity contribution is 7.99. The summed E-state index contributed by atoms with van der Waals surface area (Å²) in [5.74, 6) is 0.200. The lowest BCUT2D eigenvalue weighted by Gasteiger charge is -2.19. The van der Waals surface area contributed by atoms with Crippen LogP contribution in [0.25, 0.3) is 0 Å². The molecule has 1 unspecified atom stereocenters. The van der Waals surface area contributed by atoms with Gasteiger partial charge < -0.3 is 5.32 Å². The molecule has 0 aliphatic heterocycles. The summed E-state index contributed by atoms with van der Waals surface area (Å²) in [5, 5.41) is 3.30. The predicted molar refractivity (Wildman–Crippen MR) is 84.7 cm³/mol. The first-order valence-electron chi connectivity index (χ1n) is 6.98. The Morgan fingerprint density at radius 1 is 1.14 bits per heavy atom. The van der Waals surface area contributed by atoms with Crippen LogP contribution in [0.5, 0.6) is 0 Å². The Labute approximate surface area is 128 Å². The van der Waals surface area contributed by atoms with Crippen molar-refractivity contribution in [2.75, 3.05) is 12.3 Å². The number of aryl methyl sites for hydroxylation is 1. The van der Waals surface area contributed by atoms with Crippen molar-refractivity contribution in [2.24, 2.45) is 0 Å². The predicted octanol–water partition coefficient (Wildman–Crippen LogP) is 4.72. The Morgan fingerprint density at radius 3 is 2.67 bits per heavy atom. The molecule has 0 amide bonds. The minimum Gasteiger partial charge on any atom is -0.309 e. The van der Waals surface area contributed by atoms with Crippen molar-refractivity contribution in [3.63, 3.8) is 0 Å². The van der Waals surface area contributed by atoms with E-state index in [0.29, 0.717) is 11.3 Å². The molecule has 0 aromatic heterocycles. The van der Waals surface area contributed by atoms with Crippen LogP contribution in [0.3, 0.4) is 0 Å². The van der Waals surface area contributed by atoms with Crippen LogP contribution in [0.4, 0.5) is 8.78 Å². The third-order valence-electron chi connectivity index (χ3n) is 3.19. The second kappa shape index (κ2) is 7.57. The summed E-state index contributed by atoms with van der Waals surface area (Å²) in [7, 11) is 0. The molecular weight excluding hydrogens is 288 g/mol. The minimum absolute atomic E-state index is 0.0943. The molecule has 0 saturated carbocycles. The molecule has 1 nitrogen and oxygen atoms in total. The Kier molecular flexibility index (Phi) is 5.76. The van der Waals surface area contributed by atoms with Crippen molar-refractivity contribution in [2.45, 2.75) is 24.8 Å². The third kappa shape index (κ3) is 4.55. The Morgan fingerprint density at radius 2 is 1.95 bits per heavy atom. The van der Waals surface area contributed by atoms with Gasteiger partial charge in [-0.3, -0.25) is 0 Å². The summed E-state index contributed by atoms with van der Waals surface area (Å²) in [5.41, 5.74) is 1.70. The molecule has 2 aromatic carbocycles. The van der Waals surface area contributed by atoms with E-state index in [4.69, 9.17) is 0 Å². The molecule has 0 saturated heterocycles. The fourth-order valence-corrected chi connectivity index (χ4v) is 3.20. The van der Waals surface area contributed by atoms with Crippen LogP contribution < -0.4 is 5.32 Å². The first-order valence-corrected chi connectivity index (χ1v) is 7.96. The van der Waals surface area contributed by atoms with E-state index in [1.54, 1.807) is 12.1 Å². The number of halogens is 2. The molecule has 21 heavy (non-hydrogen) atoms. The van der Waals surface area contributed by atoms with Crippen LogP contribution in [0.1, 0.15) is 24.1 Å². The lowest BCUT2D eigenvalue weighted by Crippen LogP contribution is -2.24. The highest BCUT2D eigenvalue weighted by atomic mass is 32.2. The van der Waals surface area contributed by atoms with Crippen molar-refractivity contribution in [1.29, 1.82) is 0 Å². The van der Waals surface area contributed by atoms with E-state index in [9.17, 15) is 8.78 Å². The van der Waals surface area contributed by atoms with E-state index < -0.39 is 0 Å². The lowest BCUT2D eigenvalue weighted by molar-refractivity contribution is 0.545. The third-order valence-corrected chi connectivity index (χ3v) is 4.28. The zero-order valence-electron chi connectivity index (χ0n) is 12.2. The van der Waals surface area contributed by atoms with Crippen molar-refractivity contribution >= 4 is 11.8 Å². The van der Waals surface area contributed by atoms with Crippen LogP contribution in [-0.2, 0) is 0 Å². The molecule has 112 valence electrons. The number of thioether (sulfide) groups is 1. The van der Waals surface area contributed by atoms with Crippen LogP contribution in [-0.4, -0.2) is 12.3 Å². The highest BCUT2D eigenvalue weighted by Gasteiger charge is 2.15. The molecule has 0 radical (unpaired) electrons. The average Bonchev–Trinajstić information content (AvgIpc) is 2.46. The molecular formula is C17H19F2NS. The quantitative estimate of drug-likeness (QED) is 0.775. The molecule has 0 aliphatic carbocycles. The molecule has 0 bridgehead atoms. The van der Waals surface area contributed by atoms with Gasteiger partial charge in [-0.25, -0.2) is 8.78 Å². The first kappa shape index (κ1) is 16.0. The summed E-state index contributed by atoms with van der Waals surface area (Å²) in [4.78, 5) is 0.853. The Hall–Kier alpha value is -1.39. The normalized spacial score (nSPS) is 12.4. The summed E-state index contributed by atoms with van der Waals surface area (Å²) in [6.45, 7) is 4.70. The first-order chi connectivity index (χ1) is 10.1. The number of hydrogen-bond donors (Lipinski definition) is 1. The van der Waals surface area contributed by atoms with Gasteiger partial charge in [0.05, 0.1) is 0 Å². The summed E-state index contributed by atoms with van der Waals surface area (Å²) in [6, 6.07) is 11.5. The van der Waals surface area contributed by atoms with E-state index >= 15 is 0 Å². The van der Waals surface area contributed by atoms with Crippen LogP contribution in [0.15, 0.2) is 47.4 Å². The zero-order chi connectivity index (χ0) is 15.2.